The average molecular weight is 213 g/mol. The number of hydrogen-bond donors (Lipinski definition) is 2. The van der Waals surface area contributed by atoms with E-state index in [1.165, 1.54) is 24.3 Å². The number of halogens is 2. The van der Waals surface area contributed by atoms with E-state index in [0.29, 0.717) is 0 Å². The van der Waals surface area contributed by atoms with Crippen LogP contribution in [-0.2, 0) is 0 Å². The van der Waals surface area contributed by atoms with Gasteiger partial charge in [-0.1, -0.05) is 18.2 Å². The lowest BCUT2D eigenvalue weighted by Crippen LogP contribution is -2.15. The lowest BCUT2D eigenvalue weighted by molar-refractivity contribution is 0.0524. The van der Waals surface area contributed by atoms with E-state index in [9.17, 15) is 13.9 Å². The van der Waals surface area contributed by atoms with Crippen molar-refractivity contribution in [1.82, 2.24) is 0 Å². The molecule has 0 aliphatic rings. The minimum atomic E-state index is -2.64. The SMILES string of the molecule is N#CC(O)C(O)c1cccc(C(F)F)c1. The minimum absolute atomic E-state index is 0.0989. The highest BCUT2D eigenvalue weighted by Gasteiger charge is 2.18. The Morgan fingerprint density at radius 1 is 1.20 bits per heavy atom. The number of nitriles is 1. The van der Waals surface area contributed by atoms with Crippen LogP contribution in [0.1, 0.15) is 23.7 Å². The second-order valence-corrected chi connectivity index (χ2v) is 2.99. The molecule has 0 fully saturated rings. The lowest BCUT2D eigenvalue weighted by Gasteiger charge is -2.12. The lowest BCUT2D eigenvalue weighted by atomic mass is 10.0. The molecule has 0 radical (unpaired) electrons. The Balaban J connectivity index is 2.96. The number of aliphatic hydroxyl groups excluding tert-OH is 2. The molecule has 0 heterocycles. The van der Waals surface area contributed by atoms with Gasteiger partial charge in [-0.3, -0.25) is 0 Å². The number of aliphatic hydroxyl groups is 2. The zero-order chi connectivity index (χ0) is 11.4. The van der Waals surface area contributed by atoms with Gasteiger partial charge in [0.2, 0.25) is 0 Å². The zero-order valence-electron chi connectivity index (χ0n) is 7.64. The first-order valence-corrected chi connectivity index (χ1v) is 4.20. The van der Waals surface area contributed by atoms with Gasteiger partial charge in [-0.15, -0.1) is 0 Å². The van der Waals surface area contributed by atoms with Gasteiger partial charge in [0.25, 0.3) is 6.43 Å². The third-order valence-electron chi connectivity index (χ3n) is 1.94. The molecule has 5 heteroatoms. The van der Waals surface area contributed by atoms with Crippen LogP contribution >= 0.6 is 0 Å². The van der Waals surface area contributed by atoms with Crippen molar-refractivity contribution in [2.24, 2.45) is 0 Å². The van der Waals surface area contributed by atoms with Crippen molar-refractivity contribution in [2.45, 2.75) is 18.6 Å². The molecule has 1 aromatic rings. The fraction of sp³-hybridized carbons (Fsp3) is 0.300. The molecule has 2 N–H and O–H groups in total. The molecule has 0 saturated carbocycles. The number of nitrogens with zero attached hydrogens (tertiary/aromatic N) is 1. The first-order valence-electron chi connectivity index (χ1n) is 4.20. The van der Waals surface area contributed by atoms with Gasteiger partial charge in [-0.05, 0) is 11.6 Å². The minimum Gasteiger partial charge on any atom is -0.385 e. The predicted molar refractivity (Wildman–Crippen MR) is 48.0 cm³/mol. The van der Waals surface area contributed by atoms with E-state index in [1.807, 2.05) is 0 Å². The van der Waals surface area contributed by atoms with Crippen molar-refractivity contribution < 1.29 is 19.0 Å². The van der Waals surface area contributed by atoms with Crippen molar-refractivity contribution in [1.29, 1.82) is 5.26 Å². The van der Waals surface area contributed by atoms with Crippen molar-refractivity contribution in [3.8, 4) is 6.07 Å². The quantitative estimate of drug-likeness (QED) is 0.748. The predicted octanol–water partition coefficient (Wildman–Crippen LogP) is 1.54. The Morgan fingerprint density at radius 2 is 1.80 bits per heavy atom. The standard InChI is InChI=1S/C10H9F2NO2/c11-10(12)7-3-1-2-6(4-7)9(15)8(14)5-13/h1-4,8-10,14-15H. The van der Waals surface area contributed by atoms with Crippen LogP contribution in [0, 0.1) is 11.3 Å². The van der Waals surface area contributed by atoms with E-state index in [1.54, 1.807) is 0 Å². The van der Waals surface area contributed by atoms with Crippen molar-refractivity contribution >= 4 is 0 Å². The summed E-state index contributed by atoms with van der Waals surface area (Å²) < 4.78 is 24.6. The van der Waals surface area contributed by atoms with Crippen LogP contribution in [0.2, 0.25) is 0 Å². The van der Waals surface area contributed by atoms with E-state index in [0.717, 1.165) is 6.07 Å². The van der Waals surface area contributed by atoms with Crippen LogP contribution in [0.5, 0.6) is 0 Å². The van der Waals surface area contributed by atoms with Crippen LogP contribution in [0.4, 0.5) is 8.78 Å². The second kappa shape index (κ2) is 4.82. The molecule has 0 spiro atoms. The molecular formula is C10H9F2NO2. The van der Waals surface area contributed by atoms with Gasteiger partial charge >= 0.3 is 0 Å². The Morgan fingerprint density at radius 3 is 2.33 bits per heavy atom. The Hall–Kier alpha value is -1.51. The largest absolute Gasteiger partial charge is 0.385 e. The van der Waals surface area contributed by atoms with Gasteiger partial charge in [0, 0.05) is 5.56 Å². The van der Waals surface area contributed by atoms with Gasteiger partial charge in [0.1, 0.15) is 6.10 Å². The molecule has 0 bridgehead atoms. The van der Waals surface area contributed by atoms with Crippen molar-refractivity contribution in [3.05, 3.63) is 35.4 Å². The fourth-order valence-electron chi connectivity index (χ4n) is 1.13. The van der Waals surface area contributed by atoms with Crippen LogP contribution in [-0.4, -0.2) is 16.3 Å². The van der Waals surface area contributed by atoms with Crippen molar-refractivity contribution in [2.75, 3.05) is 0 Å². The van der Waals surface area contributed by atoms with Crippen LogP contribution in [0.25, 0.3) is 0 Å². The topological polar surface area (TPSA) is 64.2 Å². The van der Waals surface area contributed by atoms with Gasteiger partial charge in [-0.2, -0.15) is 5.26 Å². The van der Waals surface area contributed by atoms with Gasteiger partial charge in [-0.25, -0.2) is 8.78 Å². The fourth-order valence-corrected chi connectivity index (χ4v) is 1.13. The van der Waals surface area contributed by atoms with E-state index >= 15 is 0 Å². The molecule has 0 aliphatic carbocycles. The second-order valence-electron chi connectivity index (χ2n) is 2.99. The monoisotopic (exact) mass is 213 g/mol. The van der Waals surface area contributed by atoms with E-state index in [2.05, 4.69) is 0 Å². The number of hydrogen-bond acceptors (Lipinski definition) is 3. The Kier molecular flexibility index (Phi) is 3.72. The maximum absolute atomic E-state index is 12.3. The molecule has 2 unspecified atom stereocenters. The third kappa shape index (κ3) is 2.72. The van der Waals surface area contributed by atoms with E-state index in [-0.39, 0.29) is 11.1 Å². The smallest absolute Gasteiger partial charge is 0.263 e. The maximum Gasteiger partial charge on any atom is 0.263 e. The molecule has 1 rings (SSSR count). The molecule has 15 heavy (non-hydrogen) atoms. The highest BCUT2D eigenvalue weighted by atomic mass is 19.3. The normalized spacial score (nSPS) is 14.7. The molecule has 3 nitrogen and oxygen atoms in total. The molecule has 2 atom stereocenters. The van der Waals surface area contributed by atoms with Crippen LogP contribution in [0.15, 0.2) is 24.3 Å². The molecular weight excluding hydrogens is 204 g/mol. The summed E-state index contributed by atoms with van der Waals surface area (Å²) in [6.45, 7) is 0. The maximum atomic E-state index is 12.3. The summed E-state index contributed by atoms with van der Waals surface area (Å²) >= 11 is 0. The average Bonchev–Trinajstić information content (AvgIpc) is 2.27. The van der Waals surface area contributed by atoms with Gasteiger partial charge in [0.05, 0.1) is 6.07 Å². The zero-order valence-corrected chi connectivity index (χ0v) is 7.64. The summed E-state index contributed by atoms with van der Waals surface area (Å²) in [4.78, 5) is 0. The first kappa shape index (κ1) is 11.6. The summed E-state index contributed by atoms with van der Waals surface area (Å²) in [5.41, 5.74) is -0.154. The van der Waals surface area contributed by atoms with Crippen LogP contribution < -0.4 is 0 Å². The highest BCUT2D eigenvalue weighted by Crippen LogP contribution is 2.23. The summed E-state index contributed by atoms with van der Waals surface area (Å²) in [6, 6.07) is 6.41. The summed E-state index contributed by atoms with van der Waals surface area (Å²) in [6.07, 6.45) is -5.72. The molecule has 0 aliphatic heterocycles. The number of rotatable bonds is 3. The molecule has 80 valence electrons. The number of alkyl halides is 2. The summed E-state index contributed by atoms with van der Waals surface area (Å²) in [7, 11) is 0. The van der Waals surface area contributed by atoms with Gasteiger partial charge in [0.15, 0.2) is 6.10 Å². The molecule has 0 saturated heterocycles. The summed E-state index contributed by atoms with van der Waals surface area (Å²) in [5, 5.41) is 26.7. The van der Waals surface area contributed by atoms with Crippen molar-refractivity contribution in [3.63, 3.8) is 0 Å². The number of benzene rings is 1. The highest BCUT2D eigenvalue weighted by molar-refractivity contribution is 5.27. The molecule has 0 amide bonds. The third-order valence-corrected chi connectivity index (χ3v) is 1.94. The molecule has 0 aromatic heterocycles. The molecule has 1 aromatic carbocycles. The Bertz CT molecular complexity index is 376. The van der Waals surface area contributed by atoms with Gasteiger partial charge < -0.3 is 10.2 Å². The van der Waals surface area contributed by atoms with E-state index < -0.39 is 18.6 Å². The Labute approximate surface area is 85.2 Å². The first-order chi connectivity index (χ1) is 7.06. The van der Waals surface area contributed by atoms with Crippen LogP contribution in [0.3, 0.4) is 0 Å². The summed E-state index contributed by atoms with van der Waals surface area (Å²) in [5.74, 6) is 0. The van der Waals surface area contributed by atoms with E-state index in [4.69, 9.17) is 10.4 Å².